The van der Waals surface area contributed by atoms with Gasteiger partial charge >= 0.3 is 0 Å². The maximum atomic E-state index is 13.0. The van der Waals surface area contributed by atoms with Crippen LogP contribution >= 0.6 is 0 Å². The number of hydrogen-bond donors (Lipinski definition) is 1. The van der Waals surface area contributed by atoms with Crippen LogP contribution in [0.15, 0.2) is 34.7 Å². The normalized spacial score (nSPS) is 14.2. The van der Waals surface area contributed by atoms with Crippen molar-refractivity contribution >= 4 is 28.5 Å². The molecule has 0 unspecified atom stereocenters. The summed E-state index contributed by atoms with van der Waals surface area (Å²) in [6.07, 6.45) is 0. The Kier molecular flexibility index (Phi) is 5.35. The van der Waals surface area contributed by atoms with E-state index < -0.39 is 0 Å². The Morgan fingerprint density at radius 3 is 2.33 bits per heavy atom. The highest BCUT2D eigenvalue weighted by atomic mass is 16.5. The molecule has 0 aliphatic carbocycles. The molecule has 0 bridgehead atoms. The molecule has 0 spiro atoms. The summed E-state index contributed by atoms with van der Waals surface area (Å²) in [5, 5.41) is 3.92. The summed E-state index contributed by atoms with van der Waals surface area (Å²) in [6, 6.07) is 9.41. The van der Waals surface area contributed by atoms with E-state index in [0.717, 1.165) is 33.2 Å². The summed E-state index contributed by atoms with van der Waals surface area (Å²) in [6.45, 7) is 9.98. The first kappa shape index (κ1) is 20.2. The quantitative estimate of drug-likeness (QED) is 0.700. The van der Waals surface area contributed by atoms with Crippen LogP contribution < -0.4 is 5.32 Å². The number of furan rings is 1. The first-order valence-corrected chi connectivity index (χ1v) is 10.2. The molecule has 1 aromatic heterocycles. The molecule has 30 heavy (non-hydrogen) atoms. The molecule has 1 aliphatic heterocycles. The van der Waals surface area contributed by atoms with Crippen LogP contribution in [0.2, 0.25) is 0 Å². The fourth-order valence-electron chi connectivity index (χ4n) is 4.01. The third-order valence-electron chi connectivity index (χ3n) is 5.80. The van der Waals surface area contributed by atoms with Gasteiger partial charge in [0.05, 0.1) is 13.2 Å². The third-order valence-corrected chi connectivity index (χ3v) is 5.80. The number of carbonyl (C=O) groups is 2. The lowest BCUT2D eigenvalue weighted by molar-refractivity contribution is 0.0302. The number of rotatable bonds is 3. The summed E-state index contributed by atoms with van der Waals surface area (Å²) in [5.74, 6) is -0.0636. The number of nitrogens with zero attached hydrogens (tertiary/aromatic N) is 1. The van der Waals surface area contributed by atoms with E-state index in [4.69, 9.17) is 9.15 Å². The number of fused-ring (bicyclic) bond motifs is 1. The monoisotopic (exact) mass is 406 g/mol. The molecule has 2 heterocycles. The van der Waals surface area contributed by atoms with Crippen LogP contribution in [-0.2, 0) is 4.74 Å². The number of anilines is 1. The van der Waals surface area contributed by atoms with E-state index in [-0.39, 0.29) is 11.8 Å². The second kappa shape index (κ2) is 7.95. The minimum absolute atomic E-state index is 0.0435. The molecular formula is C24H26N2O4. The van der Waals surface area contributed by atoms with Gasteiger partial charge in [-0.05, 0) is 56.5 Å². The molecule has 0 atom stereocenters. The average molecular weight is 406 g/mol. The van der Waals surface area contributed by atoms with Gasteiger partial charge in [-0.15, -0.1) is 0 Å². The fraction of sp³-hybridized carbons (Fsp3) is 0.333. The van der Waals surface area contributed by atoms with Crippen LogP contribution in [-0.4, -0.2) is 43.0 Å². The lowest BCUT2D eigenvalue weighted by Crippen LogP contribution is -2.41. The number of carbonyl (C=O) groups excluding carboxylic acids is 2. The van der Waals surface area contributed by atoms with Crippen molar-refractivity contribution in [1.82, 2.24) is 4.90 Å². The van der Waals surface area contributed by atoms with Gasteiger partial charge in [-0.2, -0.15) is 0 Å². The maximum absolute atomic E-state index is 13.0. The predicted octanol–water partition coefficient (Wildman–Crippen LogP) is 4.39. The summed E-state index contributed by atoms with van der Waals surface area (Å²) < 4.78 is 11.3. The van der Waals surface area contributed by atoms with Crippen molar-refractivity contribution in [3.8, 4) is 0 Å². The van der Waals surface area contributed by atoms with E-state index in [1.54, 1.807) is 23.1 Å². The summed E-state index contributed by atoms with van der Waals surface area (Å²) >= 11 is 0. The van der Waals surface area contributed by atoms with E-state index in [2.05, 4.69) is 5.32 Å². The second-order valence-electron chi connectivity index (χ2n) is 7.80. The smallest absolute Gasteiger partial charge is 0.291 e. The van der Waals surface area contributed by atoms with Crippen molar-refractivity contribution in [2.75, 3.05) is 31.6 Å². The van der Waals surface area contributed by atoms with Gasteiger partial charge in [0.25, 0.3) is 11.8 Å². The largest absolute Gasteiger partial charge is 0.450 e. The van der Waals surface area contributed by atoms with Gasteiger partial charge in [0.2, 0.25) is 0 Å². The second-order valence-corrected chi connectivity index (χ2v) is 7.80. The van der Waals surface area contributed by atoms with E-state index in [1.165, 1.54) is 0 Å². The Morgan fingerprint density at radius 1 is 0.933 bits per heavy atom. The van der Waals surface area contributed by atoms with E-state index >= 15 is 0 Å². The highest BCUT2D eigenvalue weighted by Gasteiger charge is 2.23. The van der Waals surface area contributed by atoms with E-state index in [9.17, 15) is 9.59 Å². The number of nitrogens with one attached hydrogen (secondary N) is 1. The highest BCUT2D eigenvalue weighted by molar-refractivity contribution is 6.08. The SMILES string of the molecule is Cc1c(NC(=O)c2oc3c(C)ccc(C)c3c2C)cccc1C(=O)N1CCOCC1. The lowest BCUT2D eigenvalue weighted by Gasteiger charge is -2.27. The predicted molar refractivity (Wildman–Crippen MR) is 116 cm³/mol. The number of benzene rings is 2. The third kappa shape index (κ3) is 3.48. The van der Waals surface area contributed by atoms with Gasteiger partial charge in [0, 0.05) is 35.3 Å². The van der Waals surface area contributed by atoms with Crippen molar-refractivity contribution in [3.63, 3.8) is 0 Å². The van der Waals surface area contributed by atoms with Gasteiger partial charge < -0.3 is 19.4 Å². The first-order valence-electron chi connectivity index (χ1n) is 10.2. The molecule has 1 fully saturated rings. The van der Waals surface area contributed by atoms with Gasteiger partial charge in [0.1, 0.15) is 5.58 Å². The van der Waals surface area contributed by atoms with Crippen LogP contribution in [0.4, 0.5) is 5.69 Å². The van der Waals surface area contributed by atoms with Crippen molar-refractivity contribution in [1.29, 1.82) is 0 Å². The molecule has 3 aromatic rings. The van der Waals surface area contributed by atoms with Gasteiger partial charge in [0.15, 0.2) is 5.76 Å². The number of morpholine rings is 1. The van der Waals surface area contributed by atoms with Crippen molar-refractivity contribution in [3.05, 3.63) is 63.9 Å². The number of amides is 2. The van der Waals surface area contributed by atoms with Crippen LogP contribution in [0.3, 0.4) is 0 Å². The molecule has 2 aromatic carbocycles. The van der Waals surface area contributed by atoms with Crippen LogP contribution in [0.5, 0.6) is 0 Å². The minimum atomic E-state index is -0.318. The molecule has 6 heteroatoms. The van der Waals surface area contributed by atoms with E-state index in [0.29, 0.717) is 43.3 Å². The van der Waals surface area contributed by atoms with Crippen LogP contribution in [0, 0.1) is 27.7 Å². The Hall–Kier alpha value is -3.12. The zero-order valence-corrected chi connectivity index (χ0v) is 17.8. The van der Waals surface area contributed by atoms with Crippen molar-refractivity contribution < 1.29 is 18.7 Å². The molecule has 1 aliphatic rings. The Morgan fingerprint density at radius 2 is 1.63 bits per heavy atom. The minimum Gasteiger partial charge on any atom is -0.450 e. The maximum Gasteiger partial charge on any atom is 0.291 e. The Bertz CT molecular complexity index is 1140. The molecule has 4 rings (SSSR count). The summed E-state index contributed by atoms with van der Waals surface area (Å²) in [4.78, 5) is 27.7. The zero-order chi connectivity index (χ0) is 21.4. The summed E-state index contributed by atoms with van der Waals surface area (Å²) in [5.41, 5.74) is 5.56. The first-order chi connectivity index (χ1) is 14.4. The highest BCUT2D eigenvalue weighted by Crippen LogP contribution is 2.31. The fourth-order valence-corrected chi connectivity index (χ4v) is 4.01. The Balaban J connectivity index is 1.64. The zero-order valence-electron chi connectivity index (χ0n) is 17.8. The number of ether oxygens (including phenoxy) is 1. The van der Waals surface area contributed by atoms with Gasteiger partial charge in [-0.1, -0.05) is 18.2 Å². The van der Waals surface area contributed by atoms with Crippen LogP contribution in [0.25, 0.3) is 11.0 Å². The Labute approximate surface area is 175 Å². The van der Waals surface area contributed by atoms with E-state index in [1.807, 2.05) is 39.8 Å². The number of aryl methyl sites for hydroxylation is 3. The molecule has 1 saturated heterocycles. The molecular weight excluding hydrogens is 380 g/mol. The lowest BCUT2D eigenvalue weighted by atomic mass is 10.0. The van der Waals surface area contributed by atoms with Gasteiger partial charge in [-0.3, -0.25) is 9.59 Å². The molecule has 156 valence electrons. The molecule has 2 amide bonds. The molecule has 6 nitrogen and oxygen atoms in total. The van der Waals surface area contributed by atoms with Crippen molar-refractivity contribution in [2.24, 2.45) is 0 Å². The molecule has 0 saturated carbocycles. The molecule has 0 radical (unpaired) electrons. The van der Waals surface area contributed by atoms with Gasteiger partial charge in [-0.25, -0.2) is 0 Å². The molecule has 1 N–H and O–H groups in total. The number of hydrogen-bond acceptors (Lipinski definition) is 4. The van der Waals surface area contributed by atoms with Crippen LogP contribution in [0.1, 0.15) is 43.2 Å². The van der Waals surface area contributed by atoms with Crippen molar-refractivity contribution in [2.45, 2.75) is 27.7 Å². The topological polar surface area (TPSA) is 71.8 Å². The average Bonchev–Trinajstić information content (AvgIpc) is 3.11. The standard InChI is InChI=1S/C24H26N2O4/c1-14-8-9-15(2)21-20(14)17(4)22(30-21)23(27)25-19-7-5-6-18(16(19)3)24(28)26-10-12-29-13-11-26/h5-9H,10-13H2,1-4H3,(H,25,27). The summed E-state index contributed by atoms with van der Waals surface area (Å²) in [7, 11) is 0.